The molecule has 0 fully saturated rings. The first-order chi connectivity index (χ1) is 19.1. The fourth-order valence-electron chi connectivity index (χ4n) is 4.56. The van der Waals surface area contributed by atoms with E-state index in [4.69, 9.17) is 14.2 Å². The first-order valence-corrected chi connectivity index (χ1v) is 14.0. The summed E-state index contributed by atoms with van der Waals surface area (Å²) in [4.78, 5) is 25.7. The highest BCUT2D eigenvalue weighted by atomic mass is 32.2. The maximum Gasteiger partial charge on any atom is 0.338 e. The SMILES string of the molecule is Cc1cc(C(=O)COC(=O)c2cccc(S(=O)(=O)N(C)c3ccccc3)c2)c(C)n1Cc1ccc2c(c1)OCO2. The van der Waals surface area contributed by atoms with Gasteiger partial charge in [0.05, 0.1) is 16.1 Å². The fraction of sp³-hybridized carbons (Fsp3) is 0.200. The molecule has 4 aromatic rings. The van der Waals surface area contributed by atoms with Crippen molar-refractivity contribution in [3.8, 4) is 11.5 Å². The minimum Gasteiger partial charge on any atom is -0.454 e. The van der Waals surface area contributed by atoms with Crippen LogP contribution in [0.2, 0.25) is 0 Å². The van der Waals surface area contributed by atoms with Crippen LogP contribution < -0.4 is 13.8 Å². The van der Waals surface area contributed by atoms with E-state index in [1.165, 1.54) is 31.3 Å². The molecule has 0 saturated carbocycles. The molecule has 0 spiro atoms. The predicted molar refractivity (Wildman–Crippen MR) is 149 cm³/mol. The lowest BCUT2D eigenvalue weighted by Crippen LogP contribution is -2.26. The van der Waals surface area contributed by atoms with Crippen LogP contribution in [-0.4, -0.2) is 45.2 Å². The number of aromatic nitrogens is 1. The Kier molecular flexibility index (Phi) is 7.36. The zero-order chi connectivity index (χ0) is 28.4. The van der Waals surface area contributed by atoms with Gasteiger partial charge in [-0.1, -0.05) is 30.3 Å². The molecule has 0 N–H and O–H groups in total. The standard InChI is InChI=1S/C30H28N2O7S/c1-20-14-26(21(2)32(20)17-22-12-13-28-29(15-22)39-19-38-28)27(33)18-37-30(34)23-8-7-11-25(16-23)40(35,36)31(3)24-9-5-4-6-10-24/h4-16H,17-19H2,1-3H3. The summed E-state index contributed by atoms with van der Waals surface area (Å²) in [6, 6.07) is 21.7. The molecule has 0 aliphatic carbocycles. The zero-order valence-corrected chi connectivity index (χ0v) is 23.1. The van der Waals surface area contributed by atoms with Gasteiger partial charge in [-0.2, -0.15) is 0 Å². The van der Waals surface area contributed by atoms with Crippen LogP contribution in [0.4, 0.5) is 5.69 Å². The smallest absolute Gasteiger partial charge is 0.338 e. The summed E-state index contributed by atoms with van der Waals surface area (Å²) >= 11 is 0. The van der Waals surface area contributed by atoms with Gasteiger partial charge >= 0.3 is 5.97 Å². The summed E-state index contributed by atoms with van der Waals surface area (Å²) in [6.45, 7) is 3.99. The Morgan fingerprint density at radius 2 is 1.68 bits per heavy atom. The second-order valence-electron chi connectivity index (χ2n) is 9.39. The van der Waals surface area contributed by atoms with E-state index < -0.39 is 22.6 Å². The second kappa shape index (κ2) is 10.9. The molecule has 9 nitrogen and oxygen atoms in total. The lowest BCUT2D eigenvalue weighted by molar-refractivity contribution is 0.0474. The molecule has 0 unspecified atom stereocenters. The van der Waals surface area contributed by atoms with Crippen molar-refractivity contribution in [2.24, 2.45) is 0 Å². The Hall–Kier alpha value is -4.57. The van der Waals surface area contributed by atoms with Crippen LogP contribution in [0.25, 0.3) is 0 Å². The number of hydrogen-bond donors (Lipinski definition) is 0. The van der Waals surface area contributed by atoms with Gasteiger partial charge in [0.1, 0.15) is 0 Å². The molecule has 10 heteroatoms. The molecular weight excluding hydrogens is 532 g/mol. The molecule has 3 aromatic carbocycles. The topological polar surface area (TPSA) is 104 Å². The molecule has 5 rings (SSSR count). The van der Waals surface area contributed by atoms with Crippen molar-refractivity contribution >= 4 is 27.5 Å². The van der Waals surface area contributed by atoms with Crippen molar-refractivity contribution in [3.05, 3.63) is 107 Å². The number of ether oxygens (including phenoxy) is 3. The highest BCUT2D eigenvalue weighted by Crippen LogP contribution is 2.33. The molecule has 40 heavy (non-hydrogen) atoms. The van der Waals surface area contributed by atoms with Crippen LogP contribution >= 0.6 is 0 Å². The fourth-order valence-corrected chi connectivity index (χ4v) is 5.80. The Balaban J connectivity index is 1.26. The second-order valence-corrected chi connectivity index (χ2v) is 11.4. The van der Waals surface area contributed by atoms with E-state index in [0.717, 1.165) is 21.3 Å². The molecule has 1 aromatic heterocycles. The van der Waals surface area contributed by atoms with Crippen molar-refractivity contribution < 1.29 is 32.2 Å². The van der Waals surface area contributed by atoms with Crippen molar-refractivity contribution in [3.63, 3.8) is 0 Å². The Morgan fingerprint density at radius 3 is 2.45 bits per heavy atom. The van der Waals surface area contributed by atoms with Crippen molar-refractivity contribution in [2.75, 3.05) is 24.8 Å². The van der Waals surface area contributed by atoms with Gasteiger partial charge in [-0.05, 0) is 67.9 Å². The number of esters is 1. The number of anilines is 1. The summed E-state index contributed by atoms with van der Waals surface area (Å²) in [5, 5.41) is 0. The molecule has 0 radical (unpaired) electrons. The van der Waals surface area contributed by atoms with Crippen LogP contribution in [0, 0.1) is 13.8 Å². The van der Waals surface area contributed by atoms with Crippen LogP contribution in [0.3, 0.4) is 0 Å². The number of carbonyl (C=O) groups is 2. The number of benzene rings is 3. The maximum atomic E-state index is 13.1. The Labute approximate surface area is 232 Å². The molecular formula is C30H28N2O7S. The summed E-state index contributed by atoms with van der Waals surface area (Å²) in [5.74, 6) is 0.244. The van der Waals surface area contributed by atoms with Crippen molar-refractivity contribution in [1.82, 2.24) is 4.57 Å². The van der Waals surface area contributed by atoms with Gasteiger partial charge in [-0.15, -0.1) is 0 Å². The van der Waals surface area contributed by atoms with Gasteiger partial charge in [-0.3, -0.25) is 9.10 Å². The normalized spacial score (nSPS) is 12.3. The number of nitrogens with zero attached hydrogens (tertiary/aromatic N) is 2. The lowest BCUT2D eigenvalue weighted by atomic mass is 10.1. The van der Waals surface area contributed by atoms with Crippen molar-refractivity contribution in [1.29, 1.82) is 0 Å². The third-order valence-corrected chi connectivity index (χ3v) is 8.62. The summed E-state index contributed by atoms with van der Waals surface area (Å²) in [6.07, 6.45) is 0. The number of aryl methyl sites for hydroxylation is 1. The van der Waals surface area contributed by atoms with E-state index in [2.05, 4.69) is 0 Å². The molecule has 1 aliphatic heterocycles. The minimum atomic E-state index is -3.92. The van der Waals surface area contributed by atoms with E-state index in [0.29, 0.717) is 29.3 Å². The van der Waals surface area contributed by atoms with E-state index in [9.17, 15) is 18.0 Å². The first kappa shape index (κ1) is 27.0. The third kappa shape index (κ3) is 5.30. The number of ketones is 1. The average Bonchev–Trinajstić information content (AvgIpc) is 3.55. The van der Waals surface area contributed by atoms with Crippen LogP contribution in [-0.2, 0) is 21.3 Å². The number of para-hydroxylation sites is 1. The number of rotatable bonds is 9. The van der Waals surface area contributed by atoms with Crippen LogP contribution in [0.1, 0.15) is 37.7 Å². The van der Waals surface area contributed by atoms with Gasteiger partial charge in [-0.25, -0.2) is 13.2 Å². The zero-order valence-electron chi connectivity index (χ0n) is 22.3. The van der Waals surface area contributed by atoms with Crippen LogP contribution in [0.5, 0.6) is 11.5 Å². The molecule has 206 valence electrons. The molecule has 1 aliphatic rings. The maximum absolute atomic E-state index is 13.1. The summed E-state index contributed by atoms with van der Waals surface area (Å²) in [7, 11) is -2.48. The van der Waals surface area contributed by atoms with E-state index >= 15 is 0 Å². The quantitative estimate of drug-likeness (QED) is 0.215. The predicted octanol–water partition coefficient (Wildman–Crippen LogP) is 4.75. The van der Waals surface area contributed by atoms with Crippen molar-refractivity contribution in [2.45, 2.75) is 25.3 Å². The van der Waals surface area contributed by atoms with Crippen LogP contribution in [0.15, 0.2) is 83.8 Å². The number of hydrogen-bond acceptors (Lipinski definition) is 7. The molecule has 0 bridgehead atoms. The van der Waals surface area contributed by atoms with Gasteiger partial charge < -0.3 is 18.8 Å². The largest absolute Gasteiger partial charge is 0.454 e. The number of Topliss-reactive ketones (excluding diaryl/α,β-unsaturated/α-hetero) is 1. The number of carbonyl (C=O) groups excluding carboxylic acids is 2. The molecule has 0 atom stereocenters. The Morgan fingerprint density at radius 1 is 0.925 bits per heavy atom. The third-order valence-electron chi connectivity index (χ3n) is 6.83. The van der Waals surface area contributed by atoms with E-state index in [1.54, 1.807) is 36.4 Å². The van der Waals surface area contributed by atoms with Gasteiger partial charge in [0, 0.05) is 30.5 Å². The van der Waals surface area contributed by atoms with E-state index in [-0.39, 0.29) is 23.0 Å². The highest BCUT2D eigenvalue weighted by molar-refractivity contribution is 7.92. The first-order valence-electron chi connectivity index (χ1n) is 12.5. The molecule has 0 saturated heterocycles. The average molecular weight is 561 g/mol. The van der Waals surface area contributed by atoms with Gasteiger partial charge in [0.2, 0.25) is 12.6 Å². The molecule has 0 amide bonds. The van der Waals surface area contributed by atoms with Gasteiger partial charge in [0.15, 0.2) is 18.1 Å². The highest BCUT2D eigenvalue weighted by Gasteiger charge is 2.24. The Bertz CT molecular complexity index is 1690. The van der Waals surface area contributed by atoms with E-state index in [1.807, 2.05) is 36.6 Å². The molecule has 2 heterocycles. The lowest BCUT2D eigenvalue weighted by Gasteiger charge is -2.19. The number of fused-ring (bicyclic) bond motifs is 1. The summed E-state index contributed by atoms with van der Waals surface area (Å²) in [5.41, 5.74) is 3.58. The summed E-state index contributed by atoms with van der Waals surface area (Å²) < 4.78 is 45.5. The monoisotopic (exact) mass is 560 g/mol. The number of sulfonamides is 1. The van der Waals surface area contributed by atoms with Gasteiger partial charge in [0.25, 0.3) is 10.0 Å². The minimum absolute atomic E-state index is 0.0311.